The van der Waals surface area contributed by atoms with Crippen molar-refractivity contribution < 1.29 is 0 Å². The quantitative estimate of drug-likeness (QED) is 0.653. The zero-order valence-electron chi connectivity index (χ0n) is 8.11. The van der Waals surface area contributed by atoms with Gasteiger partial charge in [-0.2, -0.15) is 0 Å². The largest absolute Gasteiger partial charge is 0.299 e. The second-order valence-corrected chi connectivity index (χ2v) is 3.76. The van der Waals surface area contributed by atoms with Crippen molar-refractivity contribution >= 4 is 34.6 Å². The summed E-state index contributed by atoms with van der Waals surface area (Å²) in [7, 11) is 0. The predicted molar refractivity (Wildman–Crippen MR) is 65.7 cm³/mol. The zero-order chi connectivity index (χ0) is 11.4. The first-order valence-corrected chi connectivity index (χ1v) is 5.25. The summed E-state index contributed by atoms with van der Waals surface area (Å²) in [5.41, 5.74) is 7.52. The third kappa shape index (κ3) is 2.98. The smallest absolute Gasteiger partial charge is 0.129 e. The normalized spacial score (nSPS) is 9.88. The van der Waals surface area contributed by atoms with Crippen molar-refractivity contribution in [2.75, 3.05) is 10.9 Å². The molecule has 0 radical (unpaired) electrons. The summed E-state index contributed by atoms with van der Waals surface area (Å²) < 4.78 is 0. The molecule has 0 unspecified atom stereocenters. The van der Waals surface area contributed by atoms with Crippen LogP contribution in [0.5, 0.6) is 0 Å². The van der Waals surface area contributed by atoms with Gasteiger partial charge in [-0.25, -0.2) is 9.97 Å². The van der Waals surface area contributed by atoms with Crippen molar-refractivity contribution in [1.29, 1.82) is 0 Å². The average Bonchev–Trinajstić information content (AvgIpc) is 2.30. The highest BCUT2D eigenvalue weighted by molar-refractivity contribution is 6.29. The van der Waals surface area contributed by atoms with Crippen molar-refractivity contribution in [1.82, 2.24) is 9.97 Å². The fraction of sp³-hybridized carbons (Fsp3) is 0. The van der Waals surface area contributed by atoms with Crippen molar-refractivity contribution in [3.63, 3.8) is 0 Å². The minimum Gasteiger partial charge on any atom is -0.299 e. The summed E-state index contributed by atoms with van der Waals surface area (Å²) in [5, 5.41) is 0.914. The lowest BCUT2D eigenvalue weighted by molar-refractivity contribution is 1.27. The highest BCUT2D eigenvalue weighted by Gasteiger charge is 1.94. The van der Waals surface area contributed by atoms with Crippen LogP contribution in [-0.4, -0.2) is 9.97 Å². The van der Waals surface area contributed by atoms with Crippen LogP contribution in [0.1, 0.15) is 0 Å². The number of hydrogen-bond acceptors (Lipinski definition) is 4. The molecule has 0 bridgehead atoms. The summed E-state index contributed by atoms with van der Waals surface area (Å²) in [6.07, 6.45) is 3.25. The van der Waals surface area contributed by atoms with E-state index >= 15 is 0 Å². The Labute approximate surface area is 103 Å². The molecule has 6 heteroatoms. The molecule has 2 aromatic rings. The fourth-order valence-electron chi connectivity index (χ4n) is 1.04. The van der Waals surface area contributed by atoms with E-state index in [1.807, 2.05) is 12.1 Å². The Morgan fingerprint density at radius 3 is 1.50 bits per heavy atom. The lowest BCUT2D eigenvalue weighted by atomic mass is 10.4. The molecule has 2 rings (SSSR count). The van der Waals surface area contributed by atoms with Gasteiger partial charge in [-0.1, -0.05) is 23.2 Å². The highest BCUT2D eigenvalue weighted by Crippen LogP contribution is 2.12. The van der Waals surface area contributed by atoms with Crippen LogP contribution in [0, 0.1) is 0 Å². The second kappa shape index (κ2) is 5.01. The molecule has 0 atom stereocenters. The lowest BCUT2D eigenvalue weighted by Gasteiger charge is -2.08. The topological polar surface area (TPSA) is 49.8 Å². The third-order valence-corrected chi connectivity index (χ3v) is 2.25. The number of aromatic nitrogens is 2. The standard InChI is InChI=1S/C10H8Cl2N4/c11-9-3-1-7(5-13-9)15-16-8-2-4-10(12)14-6-8/h1-6,15-16H. The molecule has 0 spiro atoms. The summed E-state index contributed by atoms with van der Waals surface area (Å²) in [6.45, 7) is 0. The van der Waals surface area contributed by atoms with Crippen molar-refractivity contribution in [2.24, 2.45) is 0 Å². The molecular formula is C10H8Cl2N4. The van der Waals surface area contributed by atoms with E-state index < -0.39 is 0 Å². The number of anilines is 2. The molecule has 0 fully saturated rings. The first-order chi connectivity index (χ1) is 7.74. The van der Waals surface area contributed by atoms with E-state index in [0.29, 0.717) is 10.3 Å². The van der Waals surface area contributed by atoms with Crippen LogP contribution in [0.3, 0.4) is 0 Å². The Morgan fingerprint density at radius 1 is 0.750 bits per heavy atom. The van der Waals surface area contributed by atoms with E-state index in [-0.39, 0.29) is 0 Å². The molecule has 4 nitrogen and oxygen atoms in total. The molecule has 0 aliphatic heterocycles. The zero-order valence-corrected chi connectivity index (χ0v) is 9.63. The van der Waals surface area contributed by atoms with Crippen molar-refractivity contribution in [2.45, 2.75) is 0 Å². The number of hydrogen-bond donors (Lipinski definition) is 2. The van der Waals surface area contributed by atoms with Gasteiger partial charge in [0.1, 0.15) is 10.3 Å². The number of halogens is 2. The van der Waals surface area contributed by atoms with Crippen LogP contribution < -0.4 is 10.9 Å². The minimum atomic E-state index is 0.457. The van der Waals surface area contributed by atoms with Gasteiger partial charge < -0.3 is 0 Å². The number of pyridine rings is 2. The molecule has 0 aliphatic carbocycles. The third-order valence-electron chi connectivity index (χ3n) is 1.81. The Morgan fingerprint density at radius 2 is 1.19 bits per heavy atom. The Balaban J connectivity index is 1.97. The summed E-state index contributed by atoms with van der Waals surface area (Å²) in [5.74, 6) is 0. The van der Waals surface area contributed by atoms with E-state index in [0.717, 1.165) is 11.4 Å². The Hall–Kier alpha value is -1.52. The SMILES string of the molecule is Clc1ccc(NNc2ccc(Cl)nc2)cn1. The molecule has 2 N–H and O–H groups in total. The van der Waals surface area contributed by atoms with Gasteiger partial charge in [-0.15, -0.1) is 0 Å². The number of hydrazine groups is 1. The maximum absolute atomic E-state index is 5.66. The van der Waals surface area contributed by atoms with Gasteiger partial charge in [0.15, 0.2) is 0 Å². The summed E-state index contributed by atoms with van der Waals surface area (Å²) >= 11 is 11.3. The molecule has 0 amide bonds. The molecule has 2 aromatic heterocycles. The fourth-order valence-corrected chi connectivity index (χ4v) is 1.27. The Bertz CT molecular complexity index is 410. The molecule has 0 aliphatic rings. The summed E-state index contributed by atoms with van der Waals surface area (Å²) in [4.78, 5) is 7.86. The van der Waals surface area contributed by atoms with E-state index in [2.05, 4.69) is 20.8 Å². The molecule has 0 aromatic carbocycles. The van der Waals surface area contributed by atoms with Gasteiger partial charge >= 0.3 is 0 Å². The van der Waals surface area contributed by atoms with Crippen LogP contribution in [0.15, 0.2) is 36.7 Å². The van der Waals surface area contributed by atoms with Gasteiger partial charge in [0.2, 0.25) is 0 Å². The maximum atomic E-state index is 5.66. The molecule has 82 valence electrons. The lowest BCUT2D eigenvalue weighted by Crippen LogP contribution is -2.08. The molecule has 0 saturated carbocycles. The molecular weight excluding hydrogens is 247 g/mol. The monoisotopic (exact) mass is 254 g/mol. The van der Waals surface area contributed by atoms with Gasteiger partial charge in [0, 0.05) is 0 Å². The van der Waals surface area contributed by atoms with E-state index in [4.69, 9.17) is 23.2 Å². The number of nitrogens with one attached hydrogen (secondary N) is 2. The van der Waals surface area contributed by atoms with Crippen molar-refractivity contribution in [3.05, 3.63) is 47.0 Å². The highest BCUT2D eigenvalue weighted by atomic mass is 35.5. The van der Waals surface area contributed by atoms with Gasteiger partial charge in [-0.05, 0) is 24.3 Å². The predicted octanol–water partition coefficient (Wildman–Crippen LogP) is 3.22. The van der Waals surface area contributed by atoms with Crippen LogP contribution in [-0.2, 0) is 0 Å². The maximum Gasteiger partial charge on any atom is 0.129 e. The summed E-state index contributed by atoms with van der Waals surface area (Å²) in [6, 6.07) is 7.02. The second-order valence-electron chi connectivity index (χ2n) is 2.99. The van der Waals surface area contributed by atoms with Crippen LogP contribution in [0.25, 0.3) is 0 Å². The number of rotatable bonds is 3. The van der Waals surface area contributed by atoms with Crippen LogP contribution in [0.4, 0.5) is 11.4 Å². The molecule has 0 saturated heterocycles. The number of nitrogens with zero attached hydrogens (tertiary/aromatic N) is 2. The first kappa shape index (κ1) is 11.0. The van der Waals surface area contributed by atoms with Gasteiger partial charge in [0.25, 0.3) is 0 Å². The van der Waals surface area contributed by atoms with E-state index in [1.165, 1.54) is 0 Å². The minimum absolute atomic E-state index is 0.457. The Kier molecular flexibility index (Phi) is 3.44. The molecule has 2 heterocycles. The first-order valence-electron chi connectivity index (χ1n) is 4.49. The van der Waals surface area contributed by atoms with E-state index in [9.17, 15) is 0 Å². The van der Waals surface area contributed by atoms with Gasteiger partial charge in [-0.3, -0.25) is 10.9 Å². The van der Waals surface area contributed by atoms with Crippen LogP contribution in [0.2, 0.25) is 10.3 Å². The average molecular weight is 255 g/mol. The van der Waals surface area contributed by atoms with Crippen LogP contribution >= 0.6 is 23.2 Å². The molecule has 16 heavy (non-hydrogen) atoms. The van der Waals surface area contributed by atoms with E-state index in [1.54, 1.807) is 24.5 Å². The van der Waals surface area contributed by atoms with Gasteiger partial charge in [0.05, 0.1) is 23.8 Å². The van der Waals surface area contributed by atoms with Crippen molar-refractivity contribution in [3.8, 4) is 0 Å².